The van der Waals surface area contributed by atoms with Gasteiger partial charge in [-0.3, -0.25) is 4.98 Å². The van der Waals surface area contributed by atoms with Crippen molar-refractivity contribution in [2.75, 3.05) is 7.11 Å². The van der Waals surface area contributed by atoms with Crippen LogP contribution in [0.5, 0.6) is 0 Å². The van der Waals surface area contributed by atoms with E-state index >= 15 is 0 Å². The highest BCUT2D eigenvalue weighted by Crippen LogP contribution is 2.30. The molecule has 0 bridgehead atoms. The fourth-order valence-corrected chi connectivity index (χ4v) is 1.56. The van der Waals surface area contributed by atoms with Crippen molar-refractivity contribution in [3.8, 4) is 0 Å². The average molecular weight is 280 g/mol. The molecular formula is C9H8BrF2NO2. The second-order valence-electron chi connectivity index (χ2n) is 2.78. The summed E-state index contributed by atoms with van der Waals surface area (Å²) < 4.78 is 29.8. The number of alkyl halides is 2. The number of carbonyl (C=O) groups excluding carboxylic acids is 1. The van der Waals surface area contributed by atoms with Crippen molar-refractivity contribution < 1.29 is 18.3 Å². The number of pyridine rings is 1. The maximum absolute atomic E-state index is 12.6. The van der Waals surface area contributed by atoms with Crippen molar-refractivity contribution in [3.63, 3.8) is 0 Å². The number of hydrogen-bond acceptors (Lipinski definition) is 3. The summed E-state index contributed by atoms with van der Waals surface area (Å²) in [6, 6.07) is 0. The van der Waals surface area contributed by atoms with Crippen molar-refractivity contribution in [2.24, 2.45) is 0 Å². The first-order chi connectivity index (χ1) is 6.99. The summed E-state index contributed by atoms with van der Waals surface area (Å²) >= 11 is 3.04. The third kappa shape index (κ3) is 2.31. The molecular weight excluding hydrogens is 272 g/mol. The lowest BCUT2D eigenvalue weighted by Crippen LogP contribution is -2.09. The number of carbonyl (C=O) groups is 1. The topological polar surface area (TPSA) is 39.2 Å². The Hall–Kier alpha value is -1.04. The molecule has 1 rings (SSSR count). The van der Waals surface area contributed by atoms with E-state index in [-0.39, 0.29) is 10.0 Å². The van der Waals surface area contributed by atoms with E-state index in [1.54, 1.807) is 6.92 Å². The van der Waals surface area contributed by atoms with Crippen LogP contribution in [0, 0.1) is 6.92 Å². The Morgan fingerprint density at radius 1 is 1.60 bits per heavy atom. The Balaban J connectivity index is 3.41. The molecule has 1 heterocycles. The predicted octanol–water partition coefficient (Wildman–Crippen LogP) is 2.88. The van der Waals surface area contributed by atoms with Gasteiger partial charge in [0.05, 0.1) is 28.4 Å². The van der Waals surface area contributed by atoms with Gasteiger partial charge in [0.15, 0.2) is 0 Å². The normalized spacial score (nSPS) is 10.5. The zero-order valence-electron chi connectivity index (χ0n) is 8.05. The Morgan fingerprint density at radius 3 is 2.67 bits per heavy atom. The highest BCUT2D eigenvalue weighted by atomic mass is 79.9. The van der Waals surface area contributed by atoms with Gasteiger partial charge in [-0.25, -0.2) is 13.6 Å². The predicted molar refractivity (Wildman–Crippen MR) is 53.0 cm³/mol. The molecule has 0 aliphatic rings. The molecule has 6 heteroatoms. The van der Waals surface area contributed by atoms with E-state index in [0.717, 1.165) is 13.3 Å². The van der Waals surface area contributed by atoms with Gasteiger partial charge < -0.3 is 4.74 Å². The van der Waals surface area contributed by atoms with Crippen LogP contribution in [0.4, 0.5) is 8.78 Å². The van der Waals surface area contributed by atoms with E-state index in [9.17, 15) is 13.6 Å². The molecule has 1 aromatic rings. The molecule has 0 spiro atoms. The molecule has 0 atom stereocenters. The molecule has 82 valence electrons. The van der Waals surface area contributed by atoms with Gasteiger partial charge in [0.1, 0.15) is 0 Å². The van der Waals surface area contributed by atoms with E-state index in [2.05, 4.69) is 25.7 Å². The lowest BCUT2D eigenvalue weighted by Gasteiger charge is -2.10. The molecule has 0 N–H and O–H groups in total. The molecule has 0 aromatic carbocycles. The molecule has 3 nitrogen and oxygen atoms in total. The van der Waals surface area contributed by atoms with Gasteiger partial charge in [-0.1, -0.05) is 0 Å². The quantitative estimate of drug-likeness (QED) is 0.782. The van der Waals surface area contributed by atoms with Crippen molar-refractivity contribution in [1.29, 1.82) is 0 Å². The molecule has 0 aliphatic heterocycles. The average Bonchev–Trinajstić information content (AvgIpc) is 2.20. The second kappa shape index (κ2) is 4.65. The highest BCUT2D eigenvalue weighted by Gasteiger charge is 2.23. The lowest BCUT2D eigenvalue weighted by molar-refractivity contribution is 0.0587. The van der Waals surface area contributed by atoms with Crippen LogP contribution in [0.2, 0.25) is 0 Å². The number of aromatic nitrogens is 1. The zero-order valence-corrected chi connectivity index (χ0v) is 9.64. The summed E-state index contributed by atoms with van der Waals surface area (Å²) in [6.45, 7) is 1.60. The van der Waals surface area contributed by atoms with Crippen molar-refractivity contribution in [1.82, 2.24) is 4.98 Å². The van der Waals surface area contributed by atoms with E-state index in [1.165, 1.54) is 0 Å². The van der Waals surface area contributed by atoms with Crippen LogP contribution in [-0.2, 0) is 4.74 Å². The van der Waals surface area contributed by atoms with Gasteiger partial charge in [-0.05, 0) is 22.9 Å². The summed E-state index contributed by atoms with van der Waals surface area (Å²) in [6.07, 6.45) is -1.78. The minimum atomic E-state index is -2.76. The van der Waals surface area contributed by atoms with Crippen LogP contribution in [-0.4, -0.2) is 18.1 Å². The van der Waals surface area contributed by atoms with Gasteiger partial charge in [0.25, 0.3) is 6.43 Å². The molecule has 1 aromatic heterocycles. The van der Waals surface area contributed by atoms with Crippen LogP contribution in [0.15, 0.2) is 10.7 Å². The first-order valence-corrected chi connectivity index (χ1v) is 4.79. The number of nitrogens with zero attached hydrogens (tertiary/aromatic N) is 1. The van der Waals surface area contributed by atoms with Gasteiger partial charge in [0, 0.05) is 6.20 Å². The van der Waals surface area contributed by atoms with E-state index < -0.39 is 18.0 Å². The minimum Gasteiger partial charge on any atom is -0.465 e. The monoisotopic (exact) mass is 279 g/mol. The highest BCUT2D eigenvalue weighted by molar-refractivity contribution is 9.10. The number of esters is 1. The summed E-state index contributed by atoms with van der Waals surface area (Å²) in [5.74, 6) is -0.803. The van der Waals surface area contributed by atoms with Gasteiger partial charge in [0.2, 0.25) is 0 Å². The van der Waals surface area contributed by atoms with Gasteiger partial charge in [-0.15, -0.1) is 0 Å². The molecule has 0 saturated carbocycles. The maximum atomic E-state index is 12.6. The van der Waals surface area contributed by atoms with E-state index in [0.29, 0.717) is 5.69 Å². The Labute approximate surface area is 93.6 Å². The fourth-order valence-electron chi connectivity index (χ4n) is 1.07. The first-order valence-electron chi connectivity index (χ1n) is 4.00. The van der Waals surface area contributed by atoms with E-state index in [4.69, 9.17) is 0 Å². The molecule has 15 heavy (non-hydrogen) atoms. The SMILES string of the molecule is COC(=O)c1c(C(F)F)cnc(C)c1Br. The number of aryl methyl sites for hydroxylation is 1. The van der Waals surface area contributed by atoms with Crippen molar-refractivity contribution in [3.05, 3.63) is 27.5 Å². The fraction of sp³-hybridized carbons (Fsp3) is 0.333. The Morgan fingerprint density at radius 2 is 2.20 bits per heavy atom. The standard InChI is InChI=1S/C9H8BrF2NO2/c1-4-7(10)6(9(14)15-2)5(3-13-4)8(11)12/h3,8H,1-2H3. The van der Waals surface area contributed by atoms with Crippen molar-refractivity contribution in [2.45, 2.75) is 13.3 Å². The second-order valence-corrected chi connectivity index (χ2v) is 3.57. The number of methoxy groups -OCH3 is 1. The summed E-state index contributed by atoms with van der Waals surface area (Å²) in [4.78, 5) is 15.0. The van der Waals surface area contributed by atoms with Crippen LogP contribution in [0.1, 0.15) is 28.0 Å². The summed E-state index contributed by atoms with van der Waals surface area (Å²) in [5.41, 5.74) is -0.140. The summed E-state index contributed by atoms with van der Waals surface area (Å²) in [7, 11) is 1.14. The van der Waals surface area contributed by atoms with E-state index in [1.807, 2.05) is 0 Å². The zero-order chi connectivity index (χ0) is 11.6. The summed E-state index contributed by atoms with van der Waals surface area (Å²) in [5, 5.41) is 0. The van der Waals surface area contributed by atoms with Crippen LogP contribution < -0.4 is 0 Å². The molecule has 0 aliphatic carbocycles. The third-order valence-corrected chi connectivity index (χ3v) is 2.82. The van der Waals surface area contributed by atoms with Gasteiger partial charge in [-0.2, -0.15) is 0 Å². The van der Waals surface area contributed by atoms with Crippen LogP contribution >= 0.6 is 15.9 Å². The Kier molecular flexibility index (Phi) is 3.73. The minimum absolute atomic E-state index is 0.167. The smallest absolute Gasteiger partial charge is 0.339 e. The molecule has 0 radical (unpaired) electrons. The number of rotatable bonds is 2. The van der Waals surface area contributed by atoms with Crippen LogP contribution in [0.25, 0.3) is 0 Å². The molecule has 0 fully saturated rings. The Bertz CT molecular complexity index is 396. The number of hydrogen-bond donors (Lipinski definition) is 0. The number of ether oxygens (including phenoxy) is 1. The molecule has 0 saturated heterocycles. The van der Waals surface area contributed by atoms with Crippen molar-refractivity contribution >= 4 is 21.9 Å². The molecule has 0 unspecified atom stereocenters. The lowest BCUT2D eigenvalue weighted by atomic mass is 10.1. The first kappa shape index (κ1) is 12.0. The van der Waals surface area contributed by atoms with Crippen LogP contribution in [0.3, 0.4) is 0 Å². The molecule has 0 amide bonds. The van der Waals surface area contributed by atoms with Gasteiger partial charge >= 0.3 is 5.97 Å². The maximum Gasteiger partial charge on any atom is 0.339 e. The number of halogens is 3. The third-order valence-electron chi connectivity index (χ3n) is 1.85. The largest absolute Gasteiger partial charge is 0.465 e.